The van der Waals surface area contributed by atoms with Gasteiger partial charge < -0.3 is 19.9 Å². The highest BCUT2D eigenvalue weighted by molar-refractivity contribution is 7.18. The Bertz CT molecular complexity index is 1040. The quantitative estimate of drug-likeness (QED) is 0.673. The minimum atomic E-state index is -0.621. The van der Waals surface area contributed by atoms with Crippen LogP contribution in [0, 0.1) is 5.92 Å². The van der Waals surface area contributed by atoms with Gasteiger partial charge in [0.2, 0.25) is 0 Å². The molecule has 0 bridgehead atoms. The Morgan fingerprint density at radius 2 is 2.00 bits per heavy atom. The topological polar surface area (TPSA) is 79.0 Å². The number of ether oxygens (including phenoxy) is 1. The molecule has 2 unspecified atom stereocenters. The van der Waals surface area contributed by atoms with Crippen molar-refractivity contribution >= 4 is 40.7 Å². The number of benzene rings is 1. The highest BCUT2D eigenvalue weighted by atomic mass is 35.5. The third-order valence-corrected chi connectivity index (χ3v) is 7.20. The maximum Gasteiger partial charge on any atom is 0.312 e. The Balaban J connectivity index is 1.51. The van der Waals surface area contributed by atoms with Crippen molar-refractivity contribution in [2.45, 2.75) is 25.9 Å². The second kappa shape index (κ2) is 9.60. The van der Waals surface area contributed by atoms with E-state index in [4.69, 9.17) is 16.3 Å². The fourth-order valence-electron chi connectivity index (χ4n) is 4.29. The summed E-state index contributed by atoms with van der Waals surface area (Å²) in [5.74, 6) is -1.49. The van der Waals surface area contributed by atoms with Gasteiger partial charge in [-0.1, -0.05) is 17.7 Å². The second-order valence-electron chi connectivity index (χ2n) is 8.22. The first kappa shape index (κ1) is 22.8. The number of carbonyl (C=O) groups excluding carboxylic acids is 3. The fourth-order valence-corrected chi connectivity index (χ4v) is 5.24. The number of nitrogens with one attached hydrogen (secondary N) is 1. The van der Waals surface area contributed by atoms with Gasteiger partial charge in [-0.25, -0.2) is 0 Å². The fraction of sp³-hybridized carbons (Fsp3) is 0.435. The predicted octanol–water partition coefficient (Wildman–Crippen LogP) is 2.82. The Hall–Kier alpha value is -2.42. The molecule has 2 aliphatic rings. The highest BCUT2D eigenvalue weighted by Gasteiger charge is 2.42. The SMILES string of the molecule is CCOC(=O)C1CN(C(=O)c2ccc3c(c2)CCN(C)C3)CC1NC(=O)c1ccc(Cl)s1. The van der Waals surface area contributed by atoms with Gasteiger partial charge >= 0.3 is 5.97 Å². The van der Waals surface area contributed by atoms with E-state index < -0.39 is 17.9 Å². The van der Waals surface area contributed by atoms with Crippen molar-refractivity contribution in [2.75, 3.05) is 33.3 Å². The van der Waals surface area contributed by atoms with E-state index in [-0.39, 0.29) is 31.5 Å². The lowest BCUT2D eigenvalue weighted by Gasteiger charge is -2.25. The first-order valence-corrected chi connectivity index (χ1v) is 11.9. The molecule has 1 aromatic heterocycles. The summed E-state index contributed by atoms with van der Waals surface area (Å²) in [7, 11) is 2.08. The maximum atomic E-state index is 13.3. The van der Waals surface area contributed by atoms with Crippen molar-refractivity contribution in [1.29, 1.82) is 0 Å². The molecule has 0 spiro atoms. The maximum absolute atomic E-state index is 13.3. The van der Waals surface area contributed by atoms with E-state index in [0.717, 1.165) is 19.5 Å². The van der Waals surface area contributed by atoms with E-state index in [1.165, 1.54) is 22.5 Å². The van der Waals surface area contributed by atoms with Gasteiger partial charge in [0, 0.05) is 31.7 Å². The molecule has 32 heavy (non-hydrogen) atoms. The monoisotopic (exact) mass is 475 g/mol. The summed E-state index contributed by atoms with van der Waals surface area (Å²) >= 11 is 7.11. The lowest BCUT2D eigenvalue weighted by Crippen LogP contribution is -2.43. The molecule has 2 aliphatic heterocycles. The number of hydrogen-bond donors (Lipinski definition) is 1. The summed E-state index contributed by atoms with van der Waals surface area (Å²) in [6.45, 7) is 4.26. The van der Waals surface area contributed by atoms with E-state index in [0.29, 0.717) is 14.8 Å². The van der Waals surface area contributed by atoms with Crippen molar-refractivity contribution in [3.8, 4) is 0 Å². The van der Waals surface area contributed by atoms with E-state index >= 15 is 0 Å². The minimum absolute atomic E-state index is 0.142. The molecule has 2 atom stereocenters. The van der Waals surface area contributed by atoms with E-state index in [9.17, 15) is 14.4 Å². The summed E-state index contributed by atoms with van der Waals surface area (Å²) in [4.78, 5) is 42.8. The molecule has 2 amide bonds. The molecule has 7 nitrogen and oxygen atoms in total. The summed E-state index contributed by atoms with van der Waals surface area (Å²) in [5.41, 5.74) is 3.03. The lowest BCUT2D eigenvalue weighted by molar-refractivity contribution is -0.147. The molecule has 170 valence electrons. The van der Waals surface area contributed by atoms with Crippen molar-refractivity contribution in [1.82, 2.24) is 15.1 Å². The average molecular weight is 476 g/mol. The number of rotatable bonds is 5. The van der Waals surface area contributed by atoms with Crippen LogP contribution in [0.4, 0.5) is 0 Å². The van der Waals surface area contributed by atoms with Crippen LogP contribution in [0.1, 0.15) is 38.1 Å². The smallest absolute Gasteiger partial charge is 0.312 e. The molecule has 0 aliphatic carbocycles. The number of halogens is 1. The number of fused-ring (bicyclic) bond motifs is 1. The molecular weight excluding hydrogens is 450 g/mol. The summed E-state index contributed by atoms with van der Waals surface area (Å²) in [6, 6.07) is 8.59. The van der Waals surface area contributed by atoms with Crippen molar-refractivity contribution in [3.05, 3.63) is 56.2 Å². The Morgan fingerprint density at radius 1 is 1.19 bits per heavy atom. The molecule has 1 aromatic carbocycles. The minimum Gasteiger partial charge on any atom is -0.466 e. The van der Waals surface area contributed by atoms with Crippen molar-refractivity contribution in [2.24, 2.45) is 5.92 Å². The first-order valence-electron chi connectivity index (χ1n) is 10.7. The Labute approximate surface area is 196 Å². The molecule has 1 N–H and O–H groups in total. The van der Waals surface area contributed by atoms with Gasteiger partial charge in [0.25, 0.3) is 11.8 Å². The Kier molecular flexibility index (Phi) is 6.83. The van der Waals surface area contributed by atoms with Crippen LogP contribution in [0.3, 0.4) is 0 Å². The third kappa shape index (κ3) is 4.82. The number of carbonyl (C=O) groups is 3. The van der Waals surface area contributed by atoms with Gasteiger partial charge in [0.15, 0.2) is 0 Å². The lowest BCUT2D eigenvalue weighted by atomic mass is 9.97. The molecule has 0 saturated carbocycles. The van der Waals surface area contributed by atoms with E-state index in [1.807, 2.05) is 18.2 Å². The molecule has 3 heterocycles. The van der Waals surface area contributed by atoms with Crippen LogP contribution in [-0.2, 0) is 22.5 Å². The van der Waals surface area contributed by atoms with Crippen LogP contribution < -0.4 is 5.32 Å². The first-order chi connectivity index (χ1) is 15.4. The zero-order valence-electron chi connectivity index (χ0n) is 18.1. The summed E-state index contributed by atoms with van der Waals surface area (Å²) in [6.07, 6.45) is 0.903. The average Bonchev–Trinajstić information content (AvgIpc) is 3.39. The van der Waals surface area contributed by atoms with E-state index in [2.05, 4.69) is 17.3 Å². The zero-order chi connectivity index (χ0) is 22.8. The zero-order valence-corrected chi connectivity index (χ0v) is 19.7. The number of likely N-dealkylation sites (N-methyl/N-ethyl adjacent to an activating group) is 1. The number of amides is 2. The Morgan fingerprint density at radius 3 is 2.72 bits per heavy atom. The van der Waals surface area contributed by atoms with Crippen LogP contribution in [-0.4, -0.2) is 66.9 Å². The second-order valence-corrected chi connectivity index (χ2v) is 9.94. The number of nitrogens with zero attached hydrogens (tertiary/aromatic N) is 2. The van der Waals surface area contributed by atoms with Gasteiger partial charge in [-0.05, 0) is 55.8 Å². The molecule has 0 radical (unpaired) electrons. The standard InChI is InChI=1S/C23H26ClN3O4S/c1-3-31-23(30)17-12-27(13-18(17)25-21(28)19-6-7-20(24)32-19)22(29)15-4-5-16-11-26(2)9-8-14(16)10-15/h4-7,10,17-18H,3,8-9,11-13H2,1-2H3,(H,25,28). The summed E-state index contributed by atoms with van der Waals surface area (Å²) in [5, 5.41) is 2.90. The van der Waals surface area contributed by atoms with Crippen LogP contribution in [0.5, 0.6) is 0 Å². The normalized spacial score (nSPS) is 20.7. The van der Waals surface area contributed by atoms with Gasteiger partial charge in [-0.2, -0.15) is 0 Å². The van der Waals surface area contributed by atoms with Crippen LogP contribution in [0.2, 0.25) is 4.34 Å². The van der Waals surface area contributed by atoms with Crippen LogP contribution in [0.25, 0.3) is 0 Å². The molecule has 2 aromatic rings. The molecule has 9 heteroatoms. The highest BCUT2D eigenvalue weighted by Crippen LogP contribution is 2.26. The number of esters is 1. The van der Waals surface area contributed by atoms with Crippen molar-refractivity contribution in [3.63, 3.8) is 0 Å². The largest absolute Gasteiger partial charge is 0.466 e. The molecule has 4 rings (SSSR count). The van der Waals surface area contributed by atoms with Gasteiger partial charge in [0.05, 0.1) is 27.8 Å². The van der Waals surface area contributed by atoms with Gasteiger partial charge in [0.1, 0.15) is 0 Å². The molecular formula is C23H26ClN3O4S. The predicted molar refractivity (Wildman–Crippen MR) is 123 cm³/mol. The summed E-state index contributed by atoms with van der Waals surface area (Å²) < 4.78 is 5.73. The van der Waals surface area contributed by atoms with E-state index in [1.54, 1.807) is 24.0 Å². The van der Waals surface area contributed by atoms with Crippen LogP contribution >= 0.6 is 22.9 Å². The molecule has 1 fully saturated rings. The number of hydrogen-bond acceptors (Lipinski definition) is 6. The molecule has 1 saturated heterocycles. The number of likely N-dealkylation sites (tertiary alicyclic amines) is 1. The van der Waals surface area contributed by atoms with Crippen molar-refractivity contribution < 1.29 is 19.1 Å². The number of thiophene rings is 1. The van der Waals surface area contributed by atoms with Gasteiger partial charge in [-0.3, -0.25) is 14.4 Å². The van der Waals surface area contributed by atoms with Crippen LogP contribution in [0.15, 0.2) is 30.3 Å². The third-order valence-electron chi connectivity index (χ3n) is 5.97. The van der Waals surface area contributed by atoms with Gasteiger partial charge in [-0.15, -0.1) is 11.3 Å².